The third-order valence-electron chi connectivity index (χ3n) is 3.13. The molecule has 0 unspecified atom stereocenters. The molecule has 21 heavy (non-hydrogen) atoms. The van der Waals surface area contributed by atoms with Crippen LogP contribution in [0.4, 0.5) is 5.69 Å². The SMILES string of the molecule is CCOc1ccc(C(=O)NCc2cn(C)nc2C)cc1N. The van der Waals surface area contributed by atoms with E-state index in [0.29, 0.717) is 30.2 Å². The largest absolute Gasteiger partial charge is 0.492 e. The van der Waals surface area contributed by atoms with Crippen molar-refractivity contribution in [3.63, 3.8) is 0 Å². The highest BCUT2D eigenvalue weighted by molar-refractivity contribution is 5.95. The number of ether oxygens (including phenoxy) is 1. The second kappa shape index (κ2) is 6.30. The summed E-state index contributed by atoms with van der Waals surface area (Å²) in [4.78, 5) is 12.1. The number of nitrogens with zero attached hydrogens (tertiary/aromatic N) is 2. The average molecular weight is 288 g/mol. The van der Waals surface area contributed by atoms with E-state index in [1.165, 1.54) is 0 Å². The molecule has 0 aliphatic heterocycles. The summed E-state index contributed by atoms with van der Waals surface area (Å²) in [7, 11) is 1.85. The number of rotatable bonds is 5. The normalized spacial score (nSPS) is 10.4. The number of nitrogens with two attached hydrogens (primary N) is 1. The van der Waals surface area contributed by atoms with Crippen LogP contribution in [0.5, 0.6) is 5.75 Å². The second-order valence-corrected chi connectivity index (χ2v) is 4.78. The average Bonchev–Trinajstić information content (AvgIpc) is 2.76. The summed E-state index contributed by atoms with van der Waals surface area (Å²) in [5.41, 5.74) is 8.73. The summed E-state index contributed by atoms with van der Waals surface area (Å²) in [6.45, 7) is 4.77. The van der Waals surface area contributed by atoms with Crippen LogP contribution in [0.1, 0.15) is 28.5 Å². The number of nitrogen functional groups attached to an aromatic ring is 1. The fraction of sp³-hybridized carbons (Fsp3) is 0.333. The van der Waals surface area contributed by atoms with E-state index in [9.17, 15) is 4.79 Å². The van der Waals surface area contributed by atoms with Gasteiger partial charge < -0.3 is 15.8 Å². The van der Waals surface area contributed by atoms with Crippen LogP contribution in [0.3, 0.4) is 0 Å². The number of aryl methyl sites for hydroxylation is 2. The second-order valence-electron chi connectivity index (χ2n) is 4.78. The minimum Gasteiger partial charge on any atom is -0.492 e. The van der Waals surface area contributed by atoms with Crippen molar-refractivity contribution in [2.24, 2.45) is 7.05 Å². The molecule has 1 heterocycles. The van der Waals surface area contributed by atoms with Gasteiger partial charge in [-0.25, -0.2) is 0 Å². The van der Waals surface area contributed by atoms with Crippen LogP contribution in [-0.4, -0.2) is 22.3 Å². The molecule has 1 amide bonds. The highest BCUT2D eigenvalue weighted by atomic mass is 16.5. The number of amides is 1. The highest BCUT2D eigenvalue weighted by Crippen LogP contribution is 2.22. The van der Waals surface area contributed by atoms with E-state index in [-0.39, 0.29) is 5.91 Å². The fourth-order valence-corrected chi connectivity index (χ4v) is 2.08. The Morgan fingerprint density at radius 1 is 1.48 bits per heavy atom. The van der Waals surface area contributed by atoms with Crippen molar-refractivity contribution in [1.29, 1.82) is 0 Å². The van der Waals surface area contributed by atoms with Gasteiger partial charge in [0.15, 0.2) is 0 Å². The van der Waals surface area contributed by atoms with Gasteiger partial charge in [-0.1, -0.05) is 0 Å². The molecule has 2 aromatic rings. The Morgan fingerprint density at radius 3 is 2.81 bits per heavy atom. The number of hydrogen-bond donors (Lipinski definition) is 2. The van der Waals surface area contributed by atoms with Crippen molar-refractivity contribution < 1.29 is 9.53 Å². The van der Waals surface area contributed by atoms with Crippen LogP contribution in [-0.2, 0) is 13.6 Å². The Hall–Kier alpha value is -2.50. The minimum atomic E-state index is -0.173. The molecule has 112 valence electrons. The Labute approximate surface area is 123 Å². The number of anilines is 1. The van der Waals surface area contributed by atoms with Gasteiger partial charge in [0.1, 0.15) is 5.75 Å². The lowest BCUT2D eigenvalue weighted by molar-refractivity contribution is 0.0951. The molecule has 3 N–H and O–H groups in total. The van der Waals surface area contributed by atoms with Gasteiger partial charge in [-0.3, -0.25) is 9.48 Å². The zero-order chi connectivity index (χ0) is 15.4. The van der Waals surface area contributed by atoms with Crippen LogP contribution in [0.15, 0.2) is 24.4 Å². The first-order valence-electron chi connectivity index (χ1n) is 6.81. The third-order valence-corrected chi connectivity index (χ3v) is 3.13. The molecular formula is C15H20N4O2. The molecule has 1 aromatic heterocycles. The van der Waals surface area contributed by atoms with Crippen LogP contribution in [0.25, 0.3) is 0 Å². The van der Waals surface area contributed by atoms with E-state index in [1.54, 1.807) is 22.9 Å². The maximum absolute atomic E-state index is 12.1. The van der Waals surface area contributed by atoms with E-state index in [4.69, 9.17) is 10.5 Å². The number of carbonyl (C=O) groups is 1. The summed E-state index contributed by atoms with van der Waals surface area (Å²) in [5, 5.41) is 7.10. The van der Waals surface area contributed by atoms with Crippen molar-refractivity contribution in [3.8, 4) is 5.75 Å². The van der Waals surface area contributed by atoms with Gasteiger partial charge in [-0.05, 0) is 32.0 Å². The molecule has 0 atom stereocenters. The number of benzene rings is 1. The van der Waals surface area contributed by atoms with Crippen molar-refractivity contribution in [2.75, 3.05) is 12.3 Å². The highest BCUT2D eigenvalue weighted by Gasteiger charge is 2.10. The summed E-state index contributed by atoms with van der Waals surface area (Å²) in [5.74, 6) is 0.421. The van der Waals surface area contributed by atoms with Gasteiger partial charge in [0.25, 0.3) is 5.91 Å². The quantitative estimate of drug-likeness (QED) is 0.819. The smallest absolute Gasteiger partial charge is 0.251 e. The van der Waals surface area contributed by atoms with E-state index in [0.717, 1.165) is 11.3 Å². The maximum atomic E-state index is 12.1. The summed E-state index contributed by atoms with van der Waals surface area (Å²) in [6, 6.07) is 5.03. The van der Waals surface area contributed by atoms with Crippen molar-refractivity contribution in [2.45, 2.75) is 20.4 Å². The Kier molecular flexibility index (Phi) is 4.47. The molecule has 0 spiro atoms. The summed E-state index contributed by atoms with van der Waals surface area (Å²) in [6.07, 6.45) is 1.89. The minimum absolute atomic E-state index is 0.173. The first-order chi connectivity index (χ1) is 10.0. The lowest BCUT2D eigenvalue weighted by Crippen LogP contribution is -2.23. The molecule has 0 saturated carbocycles. The predicted molar refractivity (Wildman–Crippen MR) is 81.1 cm³/mol. The number of aromatic nitrogens is 2. The zero-order valence-electron chi connectivity index (χ0n) is 12.5. The standard InChI is InChI=1S/C15H20N4O2/c1-4-21-14-6-5-11(7-13(14)16)15(20)17-8-12-9-19(3)18-10(12)2/h5-7,9H,4,8,16H2,1-3H3,(H,17,20). The molecule has 0 saturated heterocycles. The van der Waals surface area contributed by atoms with Gasteiger partial charge >= 0.3 is 0 Å². The fourth-order valence-electron chi connectivity index (χ4n) is 2.08. The zero-order valence-corrected chi connectivity index (χ0v) is 12.5. The predicted octanol–water partition coefficient (Wildman–Crippen LogP) is 1.64. The third kappa shape index (κ3) is 3.53. The van der Waals surface area contributed by atoms with Crippen molar-refractivity contribution >= 4 is 11.6 Å². The van der Waals surface area contributed by atoms with Crippen LogP contribution < -0.4 is 15.8 Å². The molecule has 0 fully saturated rings. The Balaban J connectivity index is 2.03. The van der Waals surface area contributed by atoms with E-state index in [1.807, 2.05) is 27.1 Å². The monoisotopic (exact) mass is 288 g/mol. The van der Waals surface area contributed by atoms with Crippen LogP contribution >= 0.6 is 0 Å². The first kappa shape index (κ1) is 14.9. The van der Waals surface area contributed by atoms with Crippen LogP contribution in [0, 0.1) is 6.92 Å². The van der Waals surface area contributed by atoms with E-state index in [2.05, 4.69) is 10.4 Å². The summed E-state index contributed by atoms with van der Waals surface area (Å²) >= 11 is 0. The molecule has 6 heteroatoms. The van der Waals surface area contributed by atoms with Crippen LogP contribution in [0.2, 0.25) is 0 Å². The maximum Gasteiger partial charge on any atom is 0.251 e. The van der Waals surface area contributed by atoms with Gasteiger partial charge in [0.2, 0.25) is 0 Å². The van der Waals surface area contributed by atoms with Gasteiger partial charge in [0.05, 0.1) is 18.0 Å². The van der Waals surface area contributed by atoms with Gasteiger partial charge in [0, 0.05) is 30.9 Å². The van der Waals surface area contributed by atoms with E-state index < -0.39 is 0 Å². The van der Waals surface area contributed by atoms with Gasteiger partial charge in [-0.15, -0.1) is 0 Å². The topological polar surface area (TPSA) is 82.2 Å². The first-order valence-corrected chi connectivity index (χ1v) is 6.81. The molecule has 0 aliphatic rings. The molecule has 0 aliphatic carbocycles. The number of carbonyl (C=O) groups excluding carboxylic acids is 1. The Morgan fingerprint density at radius 2 is 2.24 bits per heavy atom. The summed E-state index contributed by atoms with van der Waals surface area (Å²) < 4.78 is 7.08. The van der Waals surface area contributed by atoms with Crippen molar-refractivity contribution in [1.82, 2.24) is 15.1 Å². The molecular weight excluding hydrogens is 268 g/mol. The van der Waals surface area contributed by atoms with E-state index >= 15 is 0 Å². The molecule has 1 aromatic carbocycles. The van der Waals surface area contributed by atoms with Gasteiger partial charge in [-0.2, -0.15) is 5.10 Å². The number of nitrogens with one attached hydrogen (secondary N) is 1. The lowest BCUT2D eigenvalue weighted by Gasteiger charge is -2.09. The van der Waals surface area contributed by atoms with Crippen molar-refractivity contribution in [3.05, 3.63) is 41.2 Å². The molecule has 6 nitrogen and oxygen atoms in total. The number of hydrogen-bond acceptors (Lipinski definition) is 4. The molecule has 0 radical (unpaired) electrons. The Bertz CT molecular complexity index is 649. The molecule has 2 rings (SSSR count). The molecule has 0 bridgehead atoms. The lowest BCUT2D eigenvalue weighted by atomic mass is 10.1.